The van der Waals surface area contributed by atoms with Crippen molar-refractivity contribution in [3.63, 3.8) is 0 Å². The number of benzene rings is 1. The third kappa shape index (κ3) is 3.64. The Bertz CT molecular complexity index is 796. The fraction of sp³-hybridized carbons (Fsp3) is 0.176. The zero-order valence-corrected chi connectivity index (χ0v) is 13.7. The lowest BCUT2D eigenvalue weighted by Gasteiger charge is -2.08. The predicted molar refractivity (Wildman–Crippen MR) is 90.1 cm³/mol. The number of furan rings is 1. The van der Waals surface area contributed by atoms with Crippen molar-refractivity contribution in [3.8, 4) is 16.3 Å². The van der Waals surface area contributed by atoms with Gasteiger partial charge in [-0.05, 0) is 36.4 Å². The molecule has 0 radical (unpaired) electrons. The molecule has 6 nitrogen and oxygen atoms in total. The van der Waals surface area contributed by atoms with Crippen LogP contribution < -0.4 is 10.1 Å². The zero-order chi connectivity index (χ0) is 16.9. The molecule has 124 valence electrons. The summed E-state index contributed by atoms with van der Waals surface area (Å²) in [5.41, 5.74) is 1.23. The second kappa shape index (κ2) is 7.29. The lowest BCUT2D eigenvalue weighted by Crippen LogP contribution is -2.28. The number of thiazole rings is 1. The van der Waals surface area contributed by atoms with E-state index in [1.165, 1.54) is 17.6 Å². The lowest BCUT2D eigenvalue weighted by atomic mass is 10.2. The van der Waals surface area contributed by atoms with E-state index in [9.17, 15) is 9.90 Å². The normalized spacial score (nSPS) is 11.9. The molecule has 2 aromatic heterocycles. The molecule has 0 aliphatic heterocycles. The van der Waals surface area contributed by atoms with E-state index in [-0.39, 0.29) is 12.5 Å². The number of carbonyl (C=O) groups is 1. The molecule has 1 unspecified atom stereocenters. The molecule has 0 saturated heterocycles. The van der Waals surface area contributed by atoms with Gasteiger partial charge in [-0.3, -0.25) is 4.79 Å². The molecule has 24 heavy (non-hydrogen) atoms. The second-order valence-electron chi connectivity index (χ2n) is 5.01. The molecule has 0 bridgehead atoms. The summed E-state index contributed by atoms with van der Waals surface area (Å²) in [5.74, 6) is 0.837. The molecule has 3 rings (SSSR count). The van der Waals surface area contributed by atoms with E-state index in [2.05, 4.69) is 10.3 Å². The Morgan fingerprint density at radius 3 is 2.83 bits per heavy atom. The number of hydrogen-bond acceptors (Lipinski definition) is 6. The van der Waals surface area contributed by atoms with Crippen LogP contribution in [-0.2, 0) is 0 Å². The fourth-order valence-corrected chi connectivity index (χ4v) is 2.91. The maximum Gasteiger partial charge on any atom is 0.270 e. The number of amides is 1. The summed E-state index contributed by atoms with van der Waals surface area (Å²) in [6.07, 6.45) is 0.589. The number of aliphatic hydroxyl groups excluding tert-OH is 1. The van der Waals surface area contributed by atoms with Crippen molar-refractivity contribution in [1.82, 2.24) is 10.3 Å². The van der Waals surface area contributed by atoms with Gasteiger partial charge in [0.2, 0.25) is 0 Å². The quantitative estimate of drug-likeness (QED) is 0.718. The van der Waals surface area contributed by atoms with Crippen LogP contribution in [0.25, 0.3) is 10.6 Å². The topological polar surface area (TPSA) is 84.6 Å². The van der Waals surface area contributed by atoms with Crippen LogP contribution in [0.15, 0.2) is 52.5 Å². The molecule has 2 heterocycles. The maximum absolute atomic E-state index is 12.1. The summed E-state index contributed by atoms with van der Waals surface area (Å²) in [7, 11) is 1.61. The van der Waals surface area contributed by atoms with E-state index in [1.807, 2.05) is 24.3 Å². The molecule has 1 amide bonds. The summed E-state index contributed by atoms with van der Waals surface area (Å²) in [4.78, 5) is 16.5. The van der Waals surface area contributed by atoms with Crippen LogP contribution >= 0.6 is 11.3 Å². The average molecular weight is 344 g/mol. The number of hydrogen-bond donors (Lipinski definition) is 2. The number of aromatic nitrogens is 1. The summed E-state index contributed by atoms with van der Waals surface area (Å²) in [6.45, 7) is 0.0573. The summed E-state index contributed by atoms with van der Waals surface area (Å²) in [5, 5.41) is 15.0. The van der Waals surface area contributed by atoms with Crippen LogP contribution in [0.4, 0.5) is 0 Å². The number of methoxy groups -OCH3 is 1. The molecule has 0 aliphatic carbocycles. The van der Waals surface area contributed by atoms with Crippen LogP contribution in [0.5, 0.6) is 5.75 Å². The molecule has 1 aromatic carbocycles. The Hall–Kier alpha value is -2.64. The summed E-state index contributed by atoms with van der Waals surface area (Å²) < 4.78 is 10.2. The highest BCUT2D eigenvalue weighted by atomic mass is 32.1. The van der Waals surface area contributed by atoms with Crippen LogP contribution in [-0.4, -0.2) is 29.7 Å². The largest absolute Gasteiger partial charge is 0.497 e. The number of aliphatic hydroxyl groups is 1. The van der Waals surface area contributed by atoms with Crippen LogP contribution in [0.1, 0.15) is 22.4 Å². The number of carbonyl (C=O) groups excluding carboxylic acids is 1. The SMILES string of the molecule is COc1ccc(-c2nc(C(=O)NCC(O)c3ccco3)cs2)cc1. The summed E-state index contributed by atoms with van der Waals surface area (Å²) in [6, 6.07) is 10.8. The molecular weight excluding hydrogens is 328 g/mol. The Morgan fingerprint density at radius 2 is 2.17 bits per heavy atom. The van der Waals surface area contributed by atoms with E-state index in [0.717, 1.165) is 16.3 Å². The highest BCUT2D eigenvalue weighted by Crippen LogP contribution is 2.25. The first kappa shape index (κ1) is 16.2. The van der Waals surface area contributed by atoms with E-state index in [0.29, 0.717) is 11.5 Å². The van der Waals surface area contributed by atoms with E-state index < -0.39 is 6.10 Å². The van der Waals surface area contributed by atoms with Crippen molar-refractivity contribution < 1.29 is 19.1 Å². The third-order valence-corrected chi connectivity index (χ3v) is 4.29. The number of ether oxygens (including phenoxy) is 1. The van der Waals surface area contributed by atoms with Crippen molar-refractivity contribution in [2.75, 3.05) is 13.7 Å². The van der Waals surface area contributed by atoms with Gasteiger partial charge >= 0.3 is 0 Å². The smallest absolute Gasteiger partial charge is 0.270 e. The van der Waals surface area contributed by atoms with Gasteiger partial charge in [0.05, 0.1) is 19.9 Å². The van der Waals surface area contributed by atoms with Crippen LogP contribution in [0.2, 0.25) is 0 Å². The average Bonchev–Trinajstić information content (AvgIpc) is 3.31. The van der Waals surface area contributed by atoms with Gasteiger partial charge in [-0.1, -0.05) is 0 Å². The Balaban J connectivity index is 1.62. The Morgan fingerprint density at radius 1 is 1.38 bits per heavy atom. The zero-order valence-electron chi connectivity index (χ0n) is 12.9. The van der Waals surface area contributed by atoms with Crippen LogP contribution in [0.3, 0.4) is 0 Å². The van der Waals surface area contributed by atoms with Gasteiger partial charge in [-0.15, -0.1) is 11.3 Å². The Labute approximate surface area is 142 Å². The van der Waals surface area contributed by atoms with E-state index in [4.69, 9.17) is 9.15 Å². The molecule has 3 aromatic rings. The molecule has 0 saturated carbocycles. The van der Waals surface area contributed by atoms with Gasteiger partial charge in [0.1, 0.15) is 28.3 Å². The minimum Gasteiger partial charge on any atom is -0.497 e. The standard InChI is InChI=1S/C17H16N2O4S/c1-22-12-6-4-11(5-7-12)17-19-13(10-24-17)16(21)18-9-14(20)15-3-2-8-23-15/h2-8,10,14,20H,9H2,1H3,(H,18,21). The van der Waals surface area contributed by atoms with Crippen LogP contribution in [0, 0.1) is 0 Å². The monoisotopic (exact) mass is 344 g/mol. The first-order valence-electron chi connectivity index (χ1n) is 7.27. The second-order valence-corrected chi connectivity index (χ2v) is 5.87. The minimum absolute atomic E-state index is 0.0573. The van der Waals surface area contributed by atoms with Gasteiger partial charge in [-0.25, -0.2) is 4.98 Å². The van der Waals surface area contributed by atoms with Crippen molar-refractivity contribution in [1.29, 1.82) is 0 Å². The fourth-order valence-electron chi connectivity index (χ4n) is 2.11. The van der Waals surface area contributed by atoms with E-state index >= 15 is 0 Å². The first-order chi connectivity index (χ1) is 11.7. The molecule has 0 aliphatic rings. The molecule has 0 spiro atoms. The highest BCUT2D eigenvalue weighted by molar-refractivity contribution is 7.13. The molecule has 0 fully saturated rings. The molecule has 2 N–H and O–H groups in total. The maximum atomic E-state index is 12.1. The molecule has 7 heteroatoms. The van der Waals surface area contributed by atoms with Gasteiger partial charge in [0, 0.05) is 10.9 Å². The van der Waals surface area contributed by atoms with Gasteiger partial charge in [0.25, 0.3) is 5.91 Å². The van der Waals surface area contributed by atoms with Crippen molar-refractivity contribution in [2.45, 2.75) is 6.10 Å². The molecular formula is C17H16N2O4S. The first-order valence-corrected chi connectivity index (χ1v) is 8.15. The number of rotatable bonds is 6. The summed E-state index contributed by atoms with van der Waals surface area (Å²) >= 11 is 1.38. The van der Waals surface area contributed by atoms with Crippen molar-refractivity contribution in [3.05, 3.63) is 59.5 Å². The molecule has 1 atom stereocenters. The predicted octanol–water partition coefficient (Wildman–Crippen LogP) is 2.88. The van der Waals surface area contributed by atoms with Gasteiger partial charge in [0.15, 0.2) is 0 Å². The van der Waals surface area contributed by atoms with Crippen molar-refractivity contribution in [2.24, 2.45) is 0 Å². The van der Waals surface area contributed by atoms with Gasteiger partial charge < -0.3 is 19.6 Å². The number of nitrogens with one attached hydrogen (secondary N) is 1. The van der Waals surface area contributed by atoms with E-state index in [1.54, 1.807) is 24.6 Å². The lowest BCUT2D eigenvalue weighted by molar-refractivity contribution is 0.0897. The minimum atomic E-state index is -0.886. The highest BCUT2D eigenvalue weighted by Gasteiger charge is 2.15. The third-order valence-electron chi connectivity index (χ3n) is 3.40. The Kier molecular flexibility index (Phi) is 4.93. The number of nitrogens with zero attached hydrogens (tertiary/aromatic N) is 1. The van der Waals surface area contributed by atoms with Gasteiger partial charge in [-0.2, -0.15) is 0 Å². The van der Waals surface area contributed by atoms with Crippen molar-refractivity contribution >= 4 is 17.2 Å².